The number of carbonyl (C=O) groups excluding carboxylic acids is 1. The van der Waals surface area contributed by atoms with Crippen molar-refractivity contribution in [1.29, 1.82) is 0 Å². The maximum absolute atomic E-state index is 12.2. The van der Waals surface area contributed by atoms with E-state index in [0.29, 0.717) is 25.6 Å². The predicted molar refractivity (Wildman–Crippen MR) is 117 cm³/mol. The van der Waals surface area contributed by atoms with Crippen molar-refractivity contribution >= 4 is 12.2 Å². The molecular formula is C24H30N2O4. The van der Waals surface area contributed by atoms with Gasteiger partial charge in [-0.15, -0.1) is 0 Å². The van der Waals surface area contributed by atoms with E-state index in [0.717, 1.165) is 29.9 Å². The van der Waals surface area contributed by atoms with E-state index >= 15 is 0 Å². The Morgan fingerprint density at radius 2 is 1.90 bits per heavy atom. The molecule has 0 aliphatic carbocycles. The minimum Gasteiger partial charge on any atom is -0.492 e. The molecule has 0 bridgehead atoms. The number of likely N-dealkylation sites (tertiary alicyclic amines) is 1. The number of nitrogens with zero attached hydrogens (tertiary/aromatic N) is 2. The monoisotopic (exact) mass is 410 g/mol. The summed E-state index contributed by atoms with van der Waals surface area (Å²) < 4.78 is 16.7. The maximum Gasteiger partial charge on any atom is 0.410 e. The third-order valence-corrected chi connectivity index (χ3v) is 4.53. The summed E-state index contributed by atoms with van der Waals surface area (Å²) in [6, 6.07) is 11.5. The second-order valence-electron chi connectivity index (χ2n) is 8.21. The zero-order chi connectivity index (χ0) is 21.6. The van der Waals surface area contributed by atoms with Crippen LogP contribution < -0.4 is 9.47 Å². The van der Waals surface area contributed by atoms with E-state index in [1.54, 1.807) is 17.2 Å². The number of carbonyl (C=O) groups is 1. The van der Waals surface area contributed by atoms with E-state index in [1.807, 2.05) is 58.0 Å². The van der Waals surface area contributed by atoms with Gasteiger partial charge in [-0.05, 0) is 64.3 Å². The molecule has 1 aromatic heterocycles. The quantitative estimate of drug-likeness (QED) is 0.634. The molecule has 2 aromatic rings. The summed E-state index contributed by atoms with van der Waals surface area (Å²) in [6.45, 7) is 9.55. The molecule has 1 saturated heterocycles. The first kappa shape index (κ1) is 21.7. The Kier molecular flexibility index (Phi) is 6.98. The second-order valence-corrected chi connectivity index (χ2v) is 8.21. The van der Waals surface area contributed by atoms with Crippen molar-refractivity contribution in [2.75, 3.05) is 19.7 Å². The van der Waals surface area contributed by atoms with Crippen molar-refractivity contribution < 1.29 is 19.0 Å². The molecule has 6 heteroatoms. The lowest BCUT2D eigenvalue weighted by atomic mass is 10.0. The third-order valence-electron chi connectivity index (χ3n) is 4.53. The van der Waals surface area contributed by atoms with E-state index in [2.05, 4.69) is 11.1 Å². The zero-order valence-corrected chi connectivity index (χ0v) is 18.2. The number of ether oxygens (including phenoxy) is 3. The van der Waals surface area contributed by atoms with Gasteiger partial charge in [0.05, 0.1) is 12.8 Å². The lowest BCUT2D eigenvalue weighted by molar-refractivity contribution is 0.0237. The normalized spacial score (nSPS) is 14.3. The largest absolute Gasteiger partial charge is 0.492 e. The first-order valence-corrected chi connectivity index (χ1v) is 10.4. The fourth-order valence-corrected chi connectivity index (χ4v) is 3.15. The van der Waals surface area contributed by atoms with Gasteiger partial charge in [0.25, 0.3) is 0 Å². The molecular weight excluding hydrogens is 380 g/mol. The number of amides is 1. The van der Waals surface area contributed by atoms with Crippen molar-refractivity contribution in [2.24, 2.45) is 0 Å². The van der Waals surface area contributed by atoms with Gasteiger partial charge in [-0.1, -0.05) is 23.8 Å². The number of hydrogen-bond acceptors (Lipinski definition) is 5. The van der Waals surface area contributed by atoms with E-state index < -0.39 is 5.60 Å². The summed E-state index contributed by atoms with van der Waals surface area (Å²) in [5.74, 6) is 1.97. The van der Waals surface area contributed by atoms with Crippen molar-refractivity contribution in [3.05, 3.63) is 53.7 Å². The molecule has 1 amide bonds. The van der Waals surface area contributed by atoms with Crippen LogP contribution >= 0.6 is 0 Å². The number of aromatic nitrogens is 1. The van der Waals surface area contributed by atoms with E-state index in [9.17, 15) is 4.79 Å². The van der Waals surface area contributed by atoms with Crippen LogP contribution in [-0.4, -0.2) is 41.3 Å². The summed E-state index contributed by atoms with van der Waals surface area (Å²) in [6.07, 6.45) is 5.27. The average molecular weight is 411 g/mol. The van der Waals surface area contributed by atoms with Crippen LogP contribution in [0.3, 0.4) is 0 Å². The maximum atomic E-state index is 12.2. The van der Waals surface area contributed by atoms with Crippen molar-refractivity contribution in [3.8, 4) is 17.4 Å². The SMILES string of the molecule is CCOc1ccc(Oc2cccc(C=C3CCN(C(=O)OC(C)(C)C)CC3)c2)nc1. The molecule has 0 radical (unpaired) electrons. The Balaban J connectivity index is 1.58. The lowest BCUT2D eigenvalue weighted by Crippen LogP contribution is -2.40. The minimum absolute atomic E-state index is 0.236. The Labute approximate surface area is 178 Å². The molecule has 2 heterocycles. The van der Waals surface area contributed by atoms with Crippen LogP contribution in [0.15, 0.2) is 48.2 Å². The summed E-state index contributed by atoms with van der Waals surface area (Å²) in [7, 11) is 0. The summed E-state index contributed by atoms with van der Waals surface area (Å²) in [5, 5.41) is 0. The zero-order valence-electron chi connectivity index (χ0n) is 18.2. The van der Waals surface area contributed by atoms with Crippen LogP contribution in [0.1, 0.15) is 46.1 Å². The molecule has 0 unspecified atom stereocenters. The number of piperidine rings is 1. The molecule has 0 atom stereocenters. The first-order valence-electron chi connectivity index (χ1n) is 10.4. The highest BCUT2D eigenvalue weighted by Crippen LogP contribution is 2.25. The van der Waals surface area contributed by atoms with E-state index in [1.165, 1.54) is 5.57 Å². The fourth-order valence-electron chi connectivity index (χ4n) is 3.15. The summed E-state index contributed by atoms with van der Waals surface area (Å²) in [5.41, 5.74) is 1.91. The minimum atomic E-state index is -0.466. The molecule has 1 aliphatic rings. The van der Waals surface area contributed by atoms with Crippen LogP contribution in [0, 0.1) is 0 Å². The topological polar surface area (TPSA) is 60.9 Å². The van der Waals surface area contributed by atoms with Gasteiger partial charge in [-0.25, -0.2) is 9.78 Å². The molecule has 30 heavy (non-hydrogen) atoms. The average Bonchev–Trinajstić information content (AvgIpc) is 2.69. The number of hydrogen-bond donors (Lipinski definition) is 0. The lowest BCUT2D eigenvalue weighted by Gasteiger charge is -2.31. The van der Waals surface area contributed by atoms with Crippen LogP contribution in [0.4, 0.5) is 4.79 Å². The van der Waals surface area contributed by atoms with Crippen molar-refractivity contribution in [1.82, 2.24) is 9.88 Å². The Morgan fingerprint density at radius 1 is 1.13 bits per heavy atom. The highest BCUT2D eigenvalue weighted by atomic mass is 16.6. The molecule has 1 fully saturated rings. The molecule has 6 nitrogen and oxygen atoms in total. The summed E-state index contributed by atoms with van der Waals surface area (Å²) >= 11 is 0. The predicted octanol–water partition coefficient (Wildman–Crippen LogP) is 5.69. The van der Waals surface area contributed by atoms with Crippen LogP contribution in [0.2, 0.25) is 0 Å². The summed E-state index contributed by atoms with van der Waals surface area (Å²) in [4.78, 5) is 18.3. The van der Waals surface area contributed by atoms with Gasteiger partial charge in [-0.3, -0.25) is 0 Å². The van der Waals surface area contributed by atoms with E-state index in [4.69, 9.17) is 14.2 Å². The van der Waals surface area contributed by atoms with Gasteiger partial charge < -0.3 is 19.1 Å². The Hall–Kier alpha value is -3.02. The fraction of sp³-hybridized carbons (Fsp3) is 0.417. The molecule has 160 valence electrons. The molecule has 3 rings (SSSR count). The second kappa shape index (κ2) is 9.65. The highest BCUT2D eigenvalue weighted by molar-refractivity contribution is 5.68. The number of pyridine rings is 1. The van der Waals surface area contributed by atoms with Gasteiger partial charge in [-0.2, -0.15) is 0 Å². The molecule has 1 aromatic carbocycles. The van der Waals surface area contributed by atoms with Crippen LogP contribution in [0.5, 0.6) is 17.4 Å². The van der Waals surface area contributed by atoms with Crippen LogP contribution in [0.25, 0.3) is 6.08 Å². The Morgan fingerprint density at radius 3 is 2.53 bits per heavy atom. The van der Waals surface area contributed by atoms with Gasteiger partial charge in [0, 0.05) is 19.2 Å². The first-order chi connectivity index (χ1) is 14.3. The number of rotatable bonds is 5. The molecule has 0 spiro atoms. The molecule has 0 N–H and O–H groups in total. The Bertz CT molecular complexity index is 875. The van der Waals surface area contributed by atoms with Crippen LogP contribution in [-0.2, 0) is 4.74 Å². The van der Waals surface area contributed by atoms with E-state index in [-0.39, 0.29) is 6.09 Å². The number of benzene rings is 1. The smallest absolute Gasteiger partial charge is 0.410 e. The van der Waals surface area contributed by atoms with Crippen molar-refractivity contribution in [3.63, 3.8) is 0 Å². The molecule has 1 aliphatic heterocycles. The third kappa shape index (κ3) is 6.51. The standard InChI is InChI=1S/C24H30N2O4/c1-5-28-21-9-10-22(25-17-21)29-20-8-6-7-19(16-20)15-18-11-13-26(14-12-18)23(27)30-24(2,3)4/h6-10,15-17H,5,11-14H2,1-4H3. The van der Waals surface area contributed by atoms with Gasteiger partial charge in [0.2, 0.25) is 5.88 Å². The van der Waals surface area contributed by atoms with Crippen molar-refractivity contribution in [2.45, 2.75) is 46.1 Å². The van der Waals surface area contributed by atoms with Gasteiger partial charge in [0.1, 0.15) is 17.1 Å². The highest BCUT2D eigenvalue weighted by Gasteiger charge is 2.24. The molecule has 0 saturated carbocycles. The van der Waals surface area contributed by atoms with Gasteiger partial charge in [0.15, 0.2) is 0 Å². The van der Waals surface area contributed by atoms with Gasteiger partial charge >= 0.3 is 6.09 Å².